The summed E-state index contributed by atoms with van der Waals surface area (Å²) in [7, 11) is 2.21. The Balaban J connectivity index is 1.49. The van der Waals surface area contributed by atoms with Gasteiger partial charge in [-0.15, -0.1) is 11.3 Å². The number of piperazine rings is 1. The SMILES string of the molecule is CC(CNc1ncnc2sc3c(c12)CCCC3)N1CCN(C)CC1. The highest BCUT2D eigenvalue weighted by Crippen LogP contribution is 2.38. The highest BCUT2D eigenvalue weighted by Gasteiger charge is 2.22. The van der Waals surface area contributed by atoms with Crippen LogP contribution in [0.1, 0.15) is 30.2 Å². The number of nitrogens with zero attached hydrogens (tertiary/aromatic N) is 4. The van der Waals surface area contributed by atoms with Gasteiger partial charge >= 0.3 is 0 Å². The standard InChI is InChI=1S/C18H27N5S/c1-13(23-9-7-22(2)8-10-23)11-19-17-16-14-5-3-4-6-15(14)24-18(16)21-12-20-17/h12-13H,3-11H2,1-2H3,(H,19,20,21). The number of thiophene rings is 1. The number of nitrogens with one attached hydrogen (secondary N) is 1. The number of fused-ring (bicyclic) bond motifs is 3. The lowest BCUT2D eigenvalue weighted by molar-refractivity contribution is 0.123. The van der Waals surface area contributed by atoms with Gasteiger partial charge in [0.05, 0.1) is 5.39 Å². The molecule has 1 fully saturated rings. The second-order valence-corrected chi connectivity index (χ2v) is 8.27. The van der Waals surface area contributed by atoms with Crippen LogP contribution in [0.5, 0.6) is 0 Å². The summed E-state index contributed by atoms with van der Waals surface area (Å²) in [6, 6.07) is 0.526. The summed E-state index contributed by atoms with van der Waals surface area (Å²) >= 11 is 1.87. The molecule has 3 heterocycles. The normalized spacial score (nSPS) is 20.9. The molecule has 24 heavy (non-hydrogen) atoms. The van der Waals surface area contributed by atoms with Crippen molar-refractivity contribution in [1.82, 2.24) is 19.8 Å². The second kappa shape index (κ2) is 6.94. The Hall–Kier alpha value is -1.24. The molecule has 0 radical (unpaired) electrons. The van der Waals surface area contributed by atoms with Gasteiger partial charge in [-0.3, -0.25) is 4.90 Å². The van der Waals surface area contributed by atoms with Crippen LogP contribution in [-0.4, -0.2) is 65.6 Å². The summed E-state index contributed by atoms with van der Waals surface area (Å²) in [5, 5.41) is 4.93. The summed E-state index contributed by atoms with van der Waals surface area (Å²) in [5.41, 5.74) is 1.51. The molecule has 1 atom stereocenters. The van der Waals surface area contributed by atoms with Crippen molar-refractivity contribution < 1.29 is 0 Å². The van der Waals surface area contributed by atoms with E-state index >= 15 is 0 Å². The zero-order chi connectivity index (χ0) is 16.5. The molecule has 0 aromatic carbocycles. The van der Waals surface area contributed by atoms with E-state index in [-0.39, 0.29) is 0 Å². The van der Waals surface area contributed by atoms with E-state index < -0.39 is 0 Å². The van der Waals surface area contributed by atoms with Crippen LogP contribution in [0.3, 0.4) is 0 Å². The minimum absolute atomic E-state index is 0.526. The van der Waals surface area contributed by atoms with Crippen molar-refractivity contribution in [3.05, 3.63) is 16.8 Å². The smallest absolute Gasteiger partial charge is 0.138 e. The van der Waals surface area contributed by atoms with Gasteiger partial charge < -0.3 is 10.2 Å². The molecule has 1 aliphatic carbocycles. The third-order valence-corrected chi connectivity index (χ3v) is 6.68. The van der Waals surface area contributed by atoms with Gasteiger partial charge in [-0.2, -0.15) is 0 Å². The zero-order valence-corrected chi connectivity index (χ0v) is 15.5. The molecule has 0 saturated carbocycles. The predicted octanol–water partition coefficient (Wildman–Crippen LogP) is 2.62. The molecule has 2 aliphatic rings. The molecule has 2 aromatic heterocycles. The first kappa shape index (κ1) is 16.2. The van der Waals surface area contributed by atoms with E-state index in [1.165, 1.54) is 54.6 Å². The topological polar surface area (TPSA) is 44.3 Å². The van der Waals surface area contributed by atoms with E-state index in [4.69, 9.17) is 0 Å². The monoisotopic (exact) mass is 345 g/mol. The number of hydrogen-bond donors (Lipinski definition) is 1. The number of hydrogen-bond acceptors (Lipinski definition) is 6. The van der Waals surface area contributed by atoms with Crippen molar-refractivity contribution in [1.29, 1.82) is 0 Å². The van der Waals surface area contributed by atoms with Crippen LogP contribution in [0.2, 0.25) is 0 Å². The van der Waals surface area contributed by atoms with Crippen molar-refractivity contribution in [2.24, 2.45) is 0 Å². The Bertz CT molecular complexity index is 705. The van der Waals surface area contributed by atoms with Crippen LogP contribution in [0.4, 0.5) is 5.82 Å². The van der Waals surface area contributed by atoms with Gasteiger partial charge in [-0.1, -0.05) is 0 Å². The lowest BCUT2D eigenvalue weighted by atomic mass is 9.97. The lowest BCUT2D eigenvalue weighted by Gasteiger charge is -2.36. The zero-order valence-electron chi connectivity index (χ0n) is 14.7. The quantitative estimate of drug-likeness (QED) is 0.923. The molecule has 1 aliphatic heterocycles. The molecule has 4 rings (SSSR count). The van der Waals surface area contributed by atoms with Crippen molar-refractivity contribution in [2.45, 2.75) is 38.6 Å². The van der Waals surface area contributed by atoms with Crippen LogP contribution in [0, 0.1) is 0 Å². The van der Waals surface area contributed by atoms with Crippen LogP contribution in [0.25, 0.3) is 10.2 Å². The van der Waals surface area contributed by atoms with Crippen molar-refractivity contribution in [2.75, 3.05) is 45.1 Å². The lowest BCUT2D eigenvalue weighted by Crippen LogP contribution is -2.49. The summed E-state index contributed by atoms with van der Waals surface area (Å²) in [5.74, 6) is 1.04. The average molecular weight is 346 g/mol. The fourth-order valence-corrected chi connectivity index (χ4v) is 5.09. The fraction of sp³-hybridized carbons (Fsp3) is 0.667. The Kier molecular flexibility index (Phi) is 4.70. The fourth-order valence-electron chi connectivity index (χ4n) is 3.86. The molecular formula is C18H27N5S. The van der Waals surface area contributed by atoms with E-state index in [1.807, 2.05) is 11.3 Å². The Morgan fingerprint density at radius 3 is 2.79 bits per heavy atom. The summed E-state index contributed by atoms with van der Waals surface area (Å²) < 4.78 is 0. The molecular weight excluding hydrogens is 318 g/mol. The van der Waals surface area contributed by atoms with Crippen LogP contribution in [0.15, 0.2) is 6.33 Å². The maximum atomic E-state index is 4.57. The molecule has 0 spiro atoms. The van der Waals surface area contributed by atoms with E-state index in [0.717, 1.165) is 30.3 Å². The molecule has 130 valence electrons. The van der Waals surface area contributed by atoms with Crippen LogP contribution >= 0.6 is 11.3 Å². The molecule has 1 N–H and O–H groups in total. The van der Waals surface area contributed by atoms with E-state index in [1.54, 1.807) is 6.33 Å². The van der Waals surface area contributed by atoms with Crippen molar-refractivity contribution in [3.8, 4) is 0 Å². The van der Waals surface area contributed by atoms with Gasteiger partial charge in [-0.05, 0) is 45.2 Å². The van der Waals surface area contributed by atoms with Gasteiger partial charge in [0.1, 0.15) is 17.0 Å². The summed E-state index contributed by atoms with van der Waals surface area (Å²) in [6.07, 6.45) is 6.73. The van der Waals surface area contributed by atoms with E-state index in [0.29, 0.717) is 6.04 Å². The first-order valence-electron chi connectivity index (χ1n) is 9.14. The largest absolute Gasteiger partial charge is 0.368 e. The molecule has 1 saturated heterocycles. The average Bonchev–Trinajstić information content (AvgIpc) is 2.99. The van der Waals surface area contributed by atoms with E-state index in [9.17, 15) is 0 Å². The third-order valence-electron chi connectivity index (χ3n) is 5.48. The third kappa shape index (κ3) is 3.15. The molecule has 0 bridgehead atoms. The number of rotatable bonds is 4. The molecule has 6 heteroatoms. The molecule has 0 amide bonds. The van der Waals surface area contributed by atoms with E-state index in [2.05, 4.69) is 39.1 Å². The van der Waals surface area contributed by atoms with Gasteiger partial charge in [0, 0.05) is 43.6 Å². The Labute approximate surface area is 148 Å². The molecule has 1 unspecified atom stereocenters. The second-order valence-electron chi connectivity index (χ2n) is 7.18. The van der Waals surface area contributed by atoms with Crippen molar-refractivity contribution >= 4 is 27.4 Å². The number of anilines is 1. The Morgan fingerprint density at radius 2 is 1.96 bits per heavy atom. The van der Waals surface area contributed by atoms with Gasteiger partial charge in [0.2, 0.25) is 0 Å². The first-order chi connectivity index (χ1) is 11.7. The number of likely N-dealkylation sites (N-methyl/N-ethyl adjacent to an activating group) is 1. The van der Waals surface area contributed by atoms with Gasteiger partial charge in [0.15, 0.2) is 0 Å². The summed E-state index contributed by atoms with van der Waals surface area (Å²) in [4.78, 5) is 16.8. The van der Waals surface area contributed by atoms with Gasteiger partial charge in [0.25, 0.3) is 0 Å². The van der Waals surface area contributed by atoms with Crippen molar-refractivity contribution in [3.63, 3.8) is 0 Å². The maximum Gasteiger partial charge on any atom is 0.138 e. The van der Waals surface area contributed by atoms with Crippen LogP contribution < -0.4 is 5.32 Å². The maximum absolute atomic E-state index is 4.57. The minimum atomic E-state index is 0.526. The first-order valence-corrected chi connectivity index (χ1v) is 9.95. The highest BCUT2D eigenvalue weighted by molar-refractivity contribution is 7.19. The number of aromatic nitrogens is 2. The Morgan fingerprint density at radius 1 is 1.17 bits per heavy atom. The molecule has 5 nitrogen and oxygen atoms in total. The van der Waals surface area contributed by atoms with Crippen LogP contribution in [-0.2, 0) is 12.8 Å². The predicted molar refractivity (Wildman–Crippen MR) is 101 cm³/mol. The number of aryl methyl sites for hydroxylation is 2. The molecule has 2 aromatic rings. The van der Waals surface area contributed by atoms with Gasteiger partial charge in [-0.25, -0.2) is 9.97 Å². The highest BCUT2D eigenvalue weighted by atomic mass is 32.1. The minimum Gasteiger partial charge on any atom is -0.368 e. The summed E-state index contributed by atoms with van der Waals surface area (Å²) in [6.45, 7) is 7.92.